The van der Waals surface area contributed by atoms with Gasteiger partial charge in [-0.2, -0.15) is 0 Å². The number of aryl methyl sites for hydroxylation is 1. The van der Waals surface area contributed by atoms with E-state index in [0.29, 0.717) is 13.0 Å². The van der Waals surface area contributed by atoms with Gasteiger partial charge in [-0.1, -0.05) is 31.2 Å². The average Bonchev–Trinajstić information content (AvgIpc) is 2.67. The van der Waals surface area contributed by atoms with Crippen LogP contribution in [0.5, 0.6) is 0 Å². The molecule has 0 spiro atoms. The van der Waals surface area contributed by atoms with Crippen LogP contribution in [-0.4, -0.2) is 39.9 Å². The first kappa shape index (κ1) is 19.2. The van der Waals surface area contributed by atoms with E-state index in [1.165, 1.54) is 0 Å². The fraction of sp³-hybridized carbons (Fsp3) is 0.429. The smallest absolute Gasteiger partial charge is 0.410 e. The number of carbonyl (C=O) groups is 1. The van der Waals surface area contributed by atoms with Gasteiger partial charge in [-0.15, -0.1) is 0 Å². The molecule has 6 heteroatoms. The summed E-state index contributed by atoms with van der Waals surface area (Å²) in [6.45, 7) is 2.71. The standard InChI is InChI=1S/C21H26N2O4/c1-3-19(23-12-10-18(11-13-24)27-21(23)26)16-6-4-15(5-7-16)17-8-9-20(25)22(2)14-17/h4-9,14,18-19,24H,3,10-13H2,1-2H3. The van der Waals surface area contributed by atoms with Gasteiger partial charge in [-0.05, 0) is 29.2 Å². The highest BCUT2D eigenvalue weighted by molar-refractivity contribution is 5.69. The van der Waals surface area contributed by atoms with Crippen molar-refractivity contribution in [3.8, 4) is 11.1 Å². The van der Waals surface area contributed by atoms with Crippen molar-refractivity contribution in [3.63, 3.8) is 0 Å². The van der Waals surface area contributed by atoms with E-state index in [4.69, 9.17) is 9.84 Å². The molecule has 27 heavy (non-hydrogen) atoms. The number of amides is 1. The third-order valence-corrected chi connectivity index (χ3v) is 5.12. The molecule has 2 unspecified atom stereocenters. The van der Waals surface area contributed by atoms with Crippen molar-refractivity contribution in [1.29, 1.82) is 0 Å². The second-order valence-corrected chi connectivity index (χ2v) is 6.91. The van der Waals surface area contributed by atoms with Gasteiger partial charge in [-0.3, -0.25) is 4.79 Å². The second kappa shape index (κ2) is 8.39. The molecule has 1 fully saturated rings. The summed E-state index contributed by atoms with van der Waals surface area (Å²) in [6.07, 6.45) is 3.33. The molecule has 1 aliphatic rings. The van der Waals surface area contributed by atoms with Crippen LogP contribution in [0.1, 0.15) is 37.8 Å². The van der Waals surface area contributed by atoms with Crippen molar-refractivity contribution >= 4 is 6.09 Å². The Hall–Kier alpha value is -2.60. The van der Waals surface area contributed by atoms with E-state index in [9.17, 15) is 9.59 Å². The molecule has 2 heterocycles. The maximum atomic E-state index is 12.4. The van der Waals surface area contributed by atoms with E-state index < -0.39 is 0 Å². The van der Waals surface area contributed by atoms with E-state index in [1.807, 2.05) is 36.5 Å². The Morgan fingerprint density at radius 2 is 1.85 bits per heavy atom. The number of rotatable bonds is 6. The van der Waals surface area contributed by atoms with Crippen LogP contribution in [0.25, 0.3) is 11.1 Å². The first-order valence-corrected chi connectivity index (χ1v) is 9.38. The fourth-order valence-electron chi connectivity index (χ4n) is 3.57. The van der Waals surface area contributed by atoms with E-state index in [1.54, 1.807) is 22.6 Å². The van der Waals surface area contributed by atoms with E-state index in [-0.39, 0.29) is 30.4 Å². The van der Waals surface area contributed by atoms with Gasteiger partial charge in [0.25, 0.3) is 0 Å². The Bertz CT molecular complexity index is 844. The Labute approximate surface area is 159 Å². The first-order valence-electron chi connectivity index (χ1n) is 9.38. The molecule has 1 aromatic carbocycles. The van der Waals surface area contributed by atoms with Crippen LogP contribution in [0, 0.1) is 0 Å². The van der Waals surface area contributed by atoms with Gasteiger partial charge in [0.2, 0.25) is 5.56 Å². The molecule has 2 aromatic rings. The van der Waals surface area contributed by atoms with Crippen LogP contribution in [0.3, 0.4) is 0 Å². The van der Waals surface area contributed by atoms with Gasteiger partial charge < -0.3 is 19.3 Å². The molecule has 144 valence electrons. The molecule has 1 aromatic heterocycles. The monoisotopic (exact) mass is 370 g/mol. The third-order valence-electron chi connectivity index (χ3n) is 5.12. The number of aromatic nitrogens is 1. The zero-order valence-corrected chi connectivity index (χ0v) is 15.8. The fourth-order valence-corrected chi connectivity index (χ4v) is 3.57. The minimum atomic E-state index is -0.311. The van der Waals surface area contributed by atoms with Crippen LogP contribution in [0.4, 0.5) is 4.79 Å². The van der Waals surface area contributed by atoms with Crippen molar-refractivity contribution in [3.05, 3.63) is 58.5 Å². The minimum Gasteiger partial charge on any atom is -0.446 e. The normalized spacial score (nSPS) is 18.3. The number of hydrogen-bond acceptors (Lipinski definition) is 4. The lowest BCUT2D eigenvalue weighted by Gasteiger charge is -2.37. The number of benzene rings is 1. The molecular weight excluding hydrogens is 344 g/mol. The maximum absolute atomic E-state index is 12.4. The summed E-state index contributed by atoms with van der Waals surface area (Å²) in [5.41, 5.74) is 3.02. The molecule has 1 aliphatic heterocycles. The summed E-state index contributed by atoms with van der Waals surface area (Å²) >= 11 is 0. The number of nitrogens with zero attached hydrogens (tertiary/aromatic N) is 2. The summed E-state index contributed by atoms with van der Waals surface area (Å²) in [5, 5.41) is 9.03. The first-order chi connectivity index (χ1) is 13.0. The lowest BCUT2D eigenvalue weighted by molar-refractivity contribution is 0.00121. The van der Waals surface area contributed by atoms with E-state index in [0.717, 1.165) is 29.5 Å². The summed E-state index contributed by atoms with van der Waals surface area (Å²) in [4.78, 5) is 25.7. The van der Waals surface area contributed by atoms with Crippen LogP contribution >= 0.6 is 0 Å². The molecule has 6 nitrogen and oxygen atoms in total. The Morgan fingerprint density at radius 1 is 1.15 bits per heavy atom. The SMILES string of the molecule is CCC(c1ccc(-c2ccc(=O)n(C)c2)cc1)N1CCC(CCO)OC1=O. The van der Waals surface area contributed by atoms with Crippen molar-refractivity contribution in [1.82, 2.24) is 9.47 Å². The molecule has 1 saturated heterocycles. The number of cyclic esters (lactones) is 1. The predicted molar refractivity (Wildman–Crippen MR) is 103 cm³/mol. The highest BCUT2D eigenvalue weighted by Crippen LogP contribution is 2.30. The number of hydrogen-bond donors (Lipinski definition) is 1. The van der Waals surface area contributed by atoms with Crippen LogP contribution in [0.2, 0.25) is 0 Å². The van der Waals surface area contributed by atoms with Gasteiger partial charge in [0.1, 0.15) is 6.10 Å². The zero-order valence-electron chi connectivity index (χ0n) is 15.8. The summed E-state index contributed by atoms with van der Waals surface area (Å²) in [5.74, 6) is 0. The van der Waals surface area contributed by atoms with Crippen LogP contribution in [0.15, 0.2) is 47.4 Å². The van der Waals surface area contributed by atoms with Crippen LogP contribution in [-0.2, 0) is 11.8 Å². The summed E-state index contributed by atoms with van der Waals surface area (Å²) in [7, 11) is 1.74. The van der Waals surface area contributed by atoms with Gasteiger partial charge in [0.05, 0.1) is 6.04 Å². The molecule has 0 aliphatic carbocycles. The van der Waals surface area contributed by atoms with Crippen molar-refractivity contribution in [2.24, 2.45) is 7.05 Å². The Morgan fingerprint density at radius 3 is 2.44 bits per heavy atom. The Balaban J connectivity index is 1.77. The van der Waals surface area contributed by atoms with Gasteiger partial charge >= 0.3 is 6.09 Å². The Kier molecular flexibility index (Phi) is 5.96. The van der Waals surface area contributed by atoms with E-state index in [2.05, 4.69) is 6.92 Å². The highest BCUT2D eigenvalue weighted by atomic mass is 16.6. The second-order valence-electron chi connectivity index (χ2n) is 6.91. The number of ether oxygens (including phenoxy) is 1. The lowest BCUT2D eigenvalue weighted by Crippen LogP contribution is -2.44. The number of aliphatic hydroxyl groups is 1. The van der Waals surface area contributed by atoms with Crippen LogP contribution < -0.4 is 5.56 Å². The zero-order chi connectivity index (χ0) is 19.4. The van der Waals surface area contributed by atoms with Gasteiger partial charge in [0, 0.05) is 45.3 Å². The van der Waals surface area contributed by atoms with Gasteiger partial charge in [0.15, 0.2) is 0 Å². The minimum absolute atomic E-state index is 0.0295. The molecule has 2 atom stereocenters. The predicted octanol–water partition coefficient (Wildman–Crippen LogP) is 3.10. The van der Waals surface area contributed by atoms with Gasteiger partial charge in [-0.25, -0.2) is 4.79 Å². The quantitative estimate of drug-likeness (QED) is 0.848. The number of carbonyl (C=O) groups excluding carboxylic acids is 1. The van der Waals surface area contributed by atoms with Crippen molar-refractivity contribution in [2.75, 3.05) is 13.2 Å². The number of aliphatic hydroxyl groups excluding tert-OH is 1. The molecule has 0 radical (unpaired) electrons. The molecule has 1 N–H and O–H groups in total. The van der Waals surface area contributed by atoms with E-state index >= 15 is 0 Å². The average molecular weight is 370 g/mol. The maximum Gasteiger partial charge on any atom is 0.410 e. The lowest BCUT2D eigenvalue weighted by atomic mass is 9.98. The molecule has 3 rings (SSSR count). The largest absolute Gasteiger partial charge is 0.446 e. The number of pyridine rings is 1. The van der Waals surface area contributed by atoms with Crippen molar-refractivity contribution in [2.45, 2.75) is 38.3 Å². The third kappa shape index (κ3) is 4.22. The molecule has 1 amide bonds. The highest BCUT2D eigenvalue weighted by Gasteiger charge is 2.31. The van der Waals surface area contributed by atoms with Crippen molar-refractivity contribution < 1.29 is 14.6 Å². The summed E-state index contributed by atoms with van der Waals surface area (Å²) in [6, 6.07) is 11.4. The molecule has 0 saturated carbocycles. The summed E-state index contributed by atoms with van der Waals surface area (Å²) < 4.78 is 7.02. The molecule has 0 bridgehead atoms. The topological polar surface area (TPSA) is 71.8 Å². The molecular formula is C21H26N2O4.